The third kappa shape index (κ3) is 4.26. The van der Waals surface area contributed by atoms with Crippen LogP contribution in [0.4, 0.5) is 0 Å². The number of aryl methyl sites for hydroxylation is 2. The highest BCUT2D eigenvalue weighted by atomic mass is 16.5. The van der Waals surface area contributed by atoms with E-state index < -0.39 is 0 Å². The quantitative estimate of drug-likeness (QED) is 0.600. The molecule has 3 aromatic rings. The number of ether oxygens (including phenoxy) is 3. The lowest BCUT2D eigenvalue weighted by Crippen LogP contribution is -2.25. The Morgan fingerprint density at radius 2 is 1.65 bits per heavy atom. The van der Waals surface area contributed by atoms with Crippen molar-refractivity contribution in [1.82, 2.24) is 15.1 Å². The SMILES string of the molecule is COc1cc(CN[C@@H]2CCCc3c2cnn3-c2cc(C)cc(C)c2)cc(OC)c1OC. The van der Waals surface area contributed by atoms with Crippen molar-refractivity contribution in [3.63, 3.8) is 0 Å². The molecule has 0 saturated carbocycles. The molecule has 1 N–H and O–H groups in total. The van der Waals surface area contributed by atoms with Crippen LogP contribution in [-0.4, -0.2) is 31.1 Å². The number of hydrogen-bond acceptors (Lipinski definition) is 5. The Hall–Kier alpha value is -2.99. The van der Waals surface area contributed by atoms with Crippen molar-refractivity contribution in [2.45, 2.75) is 45.7 Å². The summed E-state index contributed by atoms with van der Waals surface area (Å²) < 4.78 is 18.5. The molecule has 0 saturated heterocycles. The molecule has 0 radical (unpaired) electrons. The molecule has 1 aliphatic rings. The summed E-state index contributed by atoms with van der Waals surface area (Å²) in [7, 11) is 4.90. The molecule has 31 heavy (non-hydrogen) atoms. The Morgan fingerprint density at radius 1 is 0.968 bits per heavy atom. The van der Waals surface area contributed by atoms with Crippen LogP contribution in [0.5, 0.6) is 17.2 Å². The summed E-state index contributed by atoms with van der Waals surface area (Å²) in [5, 5.41) is 8.47. The van der Waals surface area contributed by atoms with Crippen molar-refractivity contribution in [3.8, 4) is 22.9 Å². The smallest absolute Gasteiger partial charge is 0.203 e. The van der Waals surface area contributed by atoms with Gasteiger partial charge in [0.2, 0.25) is 5.75 Å². The molecule has 0 amide bonds. The molecule has 1 aromatic heterocycles. The van der Waals surface area contributed by atoms with E-state index in [0.717, 1.165) is 30.5 Å². The number of benzene rings is 2. The average Bonchev–Trinajstić information content (AvgIpc) is 3.21. The number of hydrogen-bond donors (Lipinski definition) is 1. The van der Waals surface area contributed by atoms with Gasteiger partial charge in [0.15, 0.2) is 11.5 Å². The summed E-state index contributed by atoms with van der Waals surface area (Å²) in [5.74, 6) is 1.96. The maximum Gasteiger partial charge on any atom is 0.203 e. The molecule has 0 unspecified atom stereocenters. The molecule has 0 bridgehead atoms. The van der Waals surface area contributed by atoms with Gasteiger partial charge in [0.1, 0.15) is 0 Å². The summed E-state index contributed by atoms with van der Waals surface area (Å²) in [4.78, 5) is 0. The lowest BCUT2D eigenvalue weighted by Gasteiger charge is -2.25. The minimum atomic E-state index is 0.266. The van der Waals surface area contributed by atoms with E-state index in [1.807, 2.05) is 18.3 Å². The predicted octanol–water partition coefficient (Wildman–Crippen LogP) is 4.68. The Labute approximate surface area is 184 Å². The molecule has 1 heterocycles. The van der Waals surface area contributed by atoms with Gasteiger partial charge in [0, 0.05) is 23.8 Å². The van der Waals surface area contributed by atoms with Crippen molar-refractivity contribution in [2.24, 2.45) is 0 Å². The lowest BCUT2D eigenvalue weighted by molar-refractivity contribution is 0.323. The Bertz CT molecular complexity index is 1030. The van der Waals surface area contributed by atoms with E-state index in [4.69, 9.17) is 19.3 Å². The molecule has 164 valence electrons. The molecule has 2 aromatic carbocycles. The van der Waals surface area contributed by atoms with Crippen molar-refractivity contribution >= 4 is 0 Å². The fraction of sp³-hybridized carbons (Fsp3) is 0.400. The number of aromatic nitrogens is 2. The van der Waals surface area contributed by atoms with E-state index in [1.54, 1.807) is 21.3 Å². The van der Waals surface area contributed by atoms with E-state index in [0.29, 0.717) is 23.8 Å². The number of nitrogens with zero attached hydrogens (tertiary/aromatic N) is 2. The predicted molar refractivity (Wildman–Crippen MR) is 122 cm³/mol. The average molecular weight is 422 g/mol. The molecule has 6 nitrogen and oxygen atoms in total. The van der Waals surface area contributed by atoms with Crippen LogP contribution in [-0.2, 0) is 13.0 Å². The fourth-order valence-corrected chi connectivity index (χ4v) is 4.54. The van der Waals surface area contributed by atoms with Gasteiger partial charge < -0.3 is 19.5 Å². The summed E-state index contributed by atoms with van der Waals surface area (Å²) >= 11 is 0. The zero-order chi connectivity index (χ0) is 22.0. The summed E-state index contributed by atoms with van der Waals surface area (Å²) in [6, 6.07) is 10.9. The van der Waals surface area contributed by atoms with Crippen molar-refractivity contribution in [1.29, 1.82) is 0 Å². The molecule has 0 aliphatic heterocycles. The largest absolute Gasteiger partial charge is 0.493 e. The van der Waals surface area contributed by atoms with Gasteiger partial charge in [-0.2, -0.15) is 5.10 Å². The lowest BCUT2D eigenvalue weighted by atomic mass is 9.92. The van der Waals surface area contributed by atoms with Crippen LogP contribution in [0.2, 0.25) is 0 Å². The summed E-state index contributed by atoms with van der Waals surface area (Å²) in [6.07, 6.45) is 5.30. The van der Waals surface area contributed by atoms with Crippen LogP contribution in [0.3, 0.4) is 0 Å². The molecule has 0 fully saturated rings. The zero-order valence-corrected chi connectivity index (χ0v) is 19.0. The van der Waals surface area contributed by atoms with E-state index in [2.05, 4.69) is 42.0 Å². The van der Waals surface area contributed by atoms with Gasteiger partial charge in [-0.1, -0.05) is 6.07 Å². The van der Waals surface area contributed by atoms with Gasteiger partial charge in [-0.05, 0) is 74.1 Å². The van der Waals surface area contributed by atoms with Gasteiger partial charge in [0.05, 0.1) is 33.2 Å². The van der Waals surface area contributed by atoms with E-state index in [-0.39, 0.29) is 6.04 Å². The van der Waals surface area contributed by atoms with Crippen LogP contribution in [0.1, 0.15) is 46.8 Å². The number of nitrogens with one attached hydrogen (secondary N) is 1. The van der Waals surface area contributed by atoms with Crippen molar-refractivity contribution in [3.05, 3.63) is 64.5 Å². The minimum absolute atomic E-state index is 0.266. The fourth-order valence-electron chi connectivity index (χ4n) is 4.54. The number of methoxy groups -OCH3 is 3. The zero-order valence-electron chi connectivity index (χ0n) is 19.0. The highest BCUT2D eigenvalue weighted by Gasteiger charge is 2.25. The topological polar surface area (TPSA) is 57.5 Å². The Balaban J connectivity index is 1.57. The van der Waals surface area contributed by atoms with Gasteiger partial charge >= 0.3 is 0 Å². The standard InChI is InChI=1S/C25H31N3O3/c1-16-9-17(2)11-19(10-16)28-22-8-6-7-21(20(22)15-27-28)26-14-18-12-23(29-3)25(31-5)24(13-18)30-4/h9-13,15,21,26H,6-8,14H2,1-5H3/t21-/m1/s1. The highest BCUT2D eigenvalue weighted by Crippen LogP contribution is 2.38. The van der Waals surface area contributed by atoms with Crippen LogP contribution in [0.15, 0.2) is 36.5 Å². The van der Waals surface area contributed by atoms with E-state index in [1.165, 1.54) is 22.4 Å². The van der Waals surface area contributed by atoms with Crippen LogP contribution < -0.4 is 19.5 Å². The van der Waals surface area contributed by atoms with Gasteiger partial charge in [-0.25, -0.2) is 4.68 Å². The van der Waals surface area contributed by atoms with Gasteiger partial charge in [-0.3, -0.25) is 0 Å². The van der Waals surface area contributed by atoms with E-state index in [9.17, 15) is 0 Å². The maximum atomic E-state index is 5.49. The van der Waals surface area contributed by atoms with Crippen molar-refractivity contribution < 1.29 is 14.2 Å². The summed E-state index contributed by atoms with van der Waals surface area (Å²) in [5.41, 5.74) is 7.34. The Kier molecular flexibility index (Phi) is 6.18. The second kappa shape index (κ2) is 9.02. The monoisotopic (exact) mass is 421 g/mol. The molecule has 6 heteroatoms. The second-order valence-corrected chi connectivity index (χ2v) is 8.16. The first-order valence-electron chi connectivity index (χ1n) is 10.7. The first-order chi connectivity index (χ1) is 15.0. The van der Waals surface area contributed by atoms with Crippen LogP contribution in [0, 0.1) is 13.8 Å². The van der Waals surface area contributed by atoms with E-state index >= 15 is 0 Å². The van der Waals surface area contributed by atoms with Crippen LogP contribution >= 0.6 is 0 Å². The maximum absolute atomic E-state index is 5.49. The van der Waals surface area contributed by atoms with Gasteiger partial charge in [-0.15, -0.1) is 0 Å². The summed E-state index contributed by atoms with van der Waals surface area (Å²) in [6.45, 7) is 4.97. The minimum Gasteiger partial charge on any atom is -0.493 e. The first kappa shape index (κ1) is 21.2. The Morgan fingerprint density at radius 3 is 2.26 bits per heavy atom. The molecule has 4 rings (SSSR count). The first-order valence-corrected chi connectivity index (χ1v) is 10.7. The van der Waals surface area contributed by atoms with Crippen molar-refractivity contribution in [2.75, 3.05) is 21.3 Å². The third-order valence-electron chi connectivity index (χ3n) is 5.91. The molecular weight excluding hydrogens is 390 g/mol. The number of fused-ring (bicyclic) bond motifs is 1. The normalized spacial score (nSPS) is 15.5. The molecule has 1 atom stereocenters. The third-order valence-corrected chi connectivity index (χ3v) is 5.91. The molecule has 0 spiro atoms. The highest BCUT2D eigenvalue weighted by molar-refractivity contribution is 5.54. The van der Waals surface area contributed by atoms with Crippen LogP contribution in [0.25, 0.3) is 5.69 Å². The number of rotatable bonds is 7. The molecule has 1 aliphatic carbocycles. The second-order valence-electron chi connectivity index (χ2n) is 8.16. The molecular formula is C25H31N3O3. The van der Waals surface area contributed by atoms with Gasteiger partial charge in [0.25, 0.3) is 0 Å².